The Morgan fingerprint density at radius 2 is 0.851 bits per heavy atom. The Balaban J connectivity index is 0.000000202. The normalized spacial score (nSPS) is 15.3. The van der Waals surface area contributed by atoms with Gasteiger partial charge in [-0.05, 0) is 123 Å². The van der Waals surface area contributed by atoms with E-state index >= 15 is 0 Å². The highest BCUT2D eigenvalue weighted by atomic mass is 79.9. The molecular weight excluding hydrogens is 1310 g/mol. The number of benzene rings is 8. The number of hydrogen-bond acceptors (Lipinski definition) is 10. The minimum Gasteiger partial charge on any atom is -0.444 e. The molecule has 494 valence electrons. The van der Waals surface area contributed by atoms with Crippen LogP contribution in [0.25, 0.3) is 0 Å². The largest absolute Gasteiger partial charge is 0.444 e. The molecule has 0 aliphatic carbocycles. The molecule has 2 aliphatic heterocycles. The summed E-state index contributed by atoms with van der Waals surface area (Å²) < 4.78 is 13.1. The van der Waals surface area contributed by atoms with Crippen LogP contribution in [0, 0.1) is 0 Å². The lowest BCUT2D eigenvalue weighted by Gasteiger charge is -2.46. The summed E-state index contributed by atoms with van der Waals surface area (Å²) in [5.74, 6) is -0.340. The Hall–Kier alpha value is -7.96. The minimum absolute atomic E-state index is 0.0454. The van der Waals surface area contributed by atoms with E-state index in [1.807, 2.05) is 166 Å². The van der Waals surface area contributed by atoms with Gasteiger partial charge in [0.1, 0.15) is 23.8 Å². The van der Waals surface area contributed by atoms with Crippen LogP contribution in [-0.4, -0.2) is 138 Å². The summed E-state index contributed by atoms with van der Waals surface area (Å²) >= 11 is 7.15. The van der Waals surface area contributed by atoms with E-state index in [-0.39, 0.29) is 37.6 Å². The highest BCUT2D eigenvalue weighted by molar-refractivity contribution is 9.10. The van der Waals surface area contributed by atoms with Crippen molar-refractivity contribution in [2.75, 3.05) is 39.3 Å². The van der Waals surface area contributed by atoms with Crippen molar-refractivity contribution in [2.24, 2.45) is 0 Å². The lowest BCUT2D eigenvalue weighted by Crippen LogP contribution is -2.66. The number of aliphatic hydroxyl groups excluding tert-OH is 2. The minimum atomic E-state index is -1.24. The predicted octanol–water partition coefficient (Wildman–Crippen LogP) is 14.4. The number of carbonyl (C=O) groups excluding carboxylic acids is 4. The lowest BCUT2D eigenvalue weighted by atomic mass is 9.91. The molecule has 2 saturated heterocycles. The smallest absolute Gasteiger partial charge is 0.411 e. The van der Waals surface area contributed by atoms with Crippen molar-refractivity contribution in [2.45, 2.75) is 129 Å². The molecule has 14 nitrogen and oxygen atoms in total. The maximum atomic E-state index is 14.5. The molecule has 94 heavy (non-hydrogen) atoms. The van der Waals surface area contributed by atoms with Crippen LogP contribution in [0.5, 0.6) is 0 Å². The Morgan fingerprint density at radius 3 is 1.26 bits per heavy atom. The lowest BCUT2D eigenvalue weighted by molar-refractivity contribution is -0.150. The summed E-state index contributed by atoms with van der Waals surface area (Å²) in [5, 5.41) is 22.7. The number of piperazine rings is 2. The number of rotatable bonds is 21. The molecule has 16 heteroatoms. The molecule has 8 aromatic rings. The number of carbonyl (C=O) groups is 4. The molecule has 2 heterocycles. The zero-order valence-electron chi connectivity index (χ0n) is 54.9. The molecule has 4 amide bonds. The maximum Gasteiger partial charge on any atom is 0.411 e. The van der Waals surface area contributed by atoms with Crippen LogP contribution in [0.1, 0.15) is 86.1 Å². The Labute approximate surface area is 573 Å². The summed E-state index contributed by atoms with van der Waals surface area (Å²) in [4.78, 5) is 63.4. The molecule has 0 aromatic heterocycles. The monoisotopic (exact) mass is 1400 g/mol. The van der Waals surface area contributed by atoms with Crippen LogP contribution < -0.4 is 0 Å². The molecule has 10 rings (SSSR count). The molecule has 8 aromatic carbocycles. The zero-order chi connectivity index (χ0) is 67.0. The van der Waals surface area contributed by atoms with Gasteiger partial charge in [-0.15, -0.1) is 0 Å². The van der Waals surface area contributed by atoms with Gasteiger partial charge in [-0.3, -0.25) is 29.2 Å². The Morgan fingerprint density at radius 1 is 0.479 bits per heavy atom. The van der Waals surface area contributed by atoms with Crippen LogP contribution in [0.3, 0.4) is 0 Å². The summed E-state index contributed by atoms with van der Waals surface area (Å²) in [7, 11) is 0. The SMILES string of the molecule is CC(C)(C)OC(=O)N1CCN(Cc2ccccc2)C(=O)C1.CC(C)(C)OC(=O)N1CCN(Cc2ccccc2)C(=O)[C@@H]1[C@@H](O)[C@@H](Cc1cccc(Br)c1)N(Cc1ccccc1)Cc1ccccc1.OC[C@@H](Cc1cccc(Br)c1)N(Cc1ccccc1)Cc1ccccc1. The molecule has 0 unspecified atom stereocenters. The van der Waals surface area contributed by atoms with Crippen LogP contribution in [0.4, 0.5) is 9.59 Å². The zero-order valence-corrected chi connectivity index (χ0v) is 58.1. The third-order valence-electron chi connectivity index (χ3n) is 16.1. The fraction of sp³-hybridized carbons (Fsp3) is 0.333. The van der Waals surface area contributed by atoms with E-state index in [1.165, 1.54) is 26.5 Å². The van der Waals surface area contributed by atoms with Gasteiger partial charge in [-0.1, -0.05) is 238 Å². The highest BCUT2D eigenvalue weighted by Crippen LogP contribution is 2.29. The molecule has 0 radical (unpaired) electrons. The van der Waals surface area contributed by atoms with Gasteiger partial charge in [0.05, 0.1) is 12.7 Å². The number of aliphatic hydroxyl groups is 2. The Bertz CT molecular complexity index is 3520. The number of amides is 4. The molecule has 0 spiro atoms. The van der Waals surface area contributed by atoms with E-state index in [4.69, 9.17) is 9.47 Å². The summed E-state index contributed by atoms with van der Waals surface area (Å²) in [6.07, 6.45) is -0.996. The molecule has 4 atom stereocenters. The number of nitrogens with zero attached hydrogens (tertiary/aromatic N) is 6. The maximum absolute atomic E-state index is 14.5. The van der Waals surface area contributed by atoms with Crippen molar-refractivity contribution < 1.29 is 38.9 Å². The number of hydrogen-bond donors (Lipinski definition) is 2. The van der Waals surface area contributed by atoms with E-state index in [0.29, 0.717) is 52.2 Å². The second kappa shape index (κ2) is 35.5. The van der Waals surface area contributed by atoms with Gasteiger partial charge in [0, 0.05) is 86.5 Å². The standard InChI is InChI=1S/C39H44BrN3O4.C23H24BrNO.C16H22N2O3/c1-39(2,3)47-38(46)43-23-22-41(26-29-14-7-4-8-15-29)37(45)35(43)36(44)34(25-32-20-13-21-33(40)24-32)42(27-30-16-9-5-10-17-30)28-31-18-11-6-12-19-31;24-22-13-7-12-21(14-22)15-23(18-26)25(16-19-8-3-1-4-9-19)17-20-10-5-2-6-11-20;1-16(2,3)21-15(20)18-10-9-17(14(19)12-18)11-13-7-5-4-6-8-13/h4-21,24,34-36,44H,22-23,25-28H2,1-3H3;1-14,23,26H,15-18H2;4-8H,9-12H2,1-3H3/t34-,35+,36+;23-;/m11./s1. The van der Waals surface area contributed by atoms with Crippen molar-refractivity contribution in [3.8, 4) is 0 Å². The Kier molecular flexibility index (Phi) is 27.2. The van der Waals surface area contributed by atoms with Crippen molar-refractivity contribution in [3.05, 3.63) is 284 Å². The topological polar surface area (TPSA) is 147 Å². The van der Waals surface area contributed by atoms with Crippen LogP contribution >= 0.6 is 31.9 Å². The summed E-state index contributed by atoms with van der Waals surface area (Å²) in [6.45, 7) is 16.4. The van der Waals surface area contributed by atoms with Crippen LogP contribution in [0.2, 0.25) is 0 Å². The van der Waals surface area contributed by atoms with Gasteiger partial charge in [-0.2, -0.15) is 0 Å². The van der Waals surface area contributed by atoms with Crippen molar-refractivity contribution in [1.82, 2.24) is 29.4 Å². The third kappa shape index (κ3) is 23.2. The fourth-order valence-corrected chi connectivity index (χ4v) is 12.4. The quantitative estimate of drug-likeness (QED) is 0.0713. The van der Waals surface area contributed by atoms with E-state index < -0.39 is 41.6 Å². The molecule has 0 bridgehead atoms. The van der Waals surface area contributed by atoms with Gasteiger partial charge < -0.3 is 29.5 Å². The van der Waals surface area contributed by atoms with E-state index in [1.54, 1.807) is 30.6 Å². The van der Waals surface area contributed by atoms with Crippen LogP contribution in [-0.2, 0) is 71.2 Å². The average molecular weight is 1400 g/mol. The first-order valence-electron chi connectivity index (χ1n) is 32.2. The van der Waals surface area contributed by atoms with E-state index in [2.05, 4.69) is 127 Å². The molecular formula is C78H90Br2N6O8. The third-order valence-corrected chi connectivity index (χ3v) is 17.1. The summed E-state index contributed by atoms with van der Waals surface area (Å²) in [5.41, 5.74) is 7.69. The fourth-order valence-electron chi connectivity index (χ4n) is 11.5. The van der Waals surface area contributed by atoms with E-state index in [0.717, 1.165) is 56.3 Å². The highest BCUT2D eigenvalue weighted by Gasteiger charge is 2.47. The molecule has 2 aliphatic rings. The first-order valence-corrected chi connectivity index (χ1v) is 33.8. The van der Waals surface area contributed by atoms with Gasteiger partial charge >= 0.3 is 12.2 Å². The van der Waals surface area contributed by atoms with Gasteiger partial charge in [0.15, 0.2) is 0 Å². The summed E-state index contributed by atoms with van der Waals surface area (Å²) in [6, 6.07) is 75.6. The first kappa shape index (κ1) is 71.9. The van der Waals surface area contributed by atoms with Crippen molar-refractivity contribution >= 4 is 55.9 Å². The van der Waals surface area contributed by atoms with E-state index in [9.17, 15) is 29.4 Å². The van der Waals surface area contributed by atoms with Crippen LogP contribution in [0.15, 0.2) is 239 Å². The van der Waals surface area contributed by atoms with Crippen molar-refractivity contribution in [3.63, 3.8) is 0 Å². The van der Waals surface area contributed by atoms with Gasteiger partial charge in [0.2, 0.25) is 11.8 Å². The molecule has 2 fully saturated rings. The second-order valence-corrected chi connectivity index (χ2v) is 27.7. The number of halogens is 2. The second-order valence-electron chi connectivity index (χ2n) is 25.9. The van der Waals surface area contributed by atoms with Gasteiger partial charge in [0.25, 0.3) is 0 Å². The molecule has 2 N–H and O–H groups in total. The molecule has 0 saturated carbocycles. The van der Waals surface area contributed by atoms with Gasteiger partial charge in [-0.25, -0.2) is 9.59 Å². The number of ether oxygens (including phenoxy) is 2. The average Bonchev–Trinajstić information content (AvgIpc) is 0.817. The first-order chi connectivity index (χ1) is 45.2. The predicted molar refractivity (Wildman–Crippen MR) is 379 cm³/mol. The van der Waals surface area contributed by atoms with Crippen molar-refractivity contribution in [1.29, 1.82) is 0 Å².